The molecule has 0 amide bonds. The summed E-state index contributed by atoms with van der Waals surface area (Å²) in [6.45, 7) is 0. The van der Waals surface area contributed by atoms with Gasteiger partial charge in [0.05, 0.1) is 5.56 Å². The molecule has 0 aliphatic carbocycles. The maximum Gasteiger partial charge on any atom is 0.345 e. The molecule has 27 heavy (non-hydrogen) atoms. The van der Waals surface area contributed by atoms with Crippen LogP contribution in [0.15, 0.2) is 77.9 Å². The zero-order valence-electron chi connectivity index (χ0n) is 14.0. The van der Waals surface area contributed by atoms with Gasteiger partial charge in [-0.25, -0.2) is 4.79 Å². The van der Waals surface area contributed by atoms with Gasteiger partial charge < -0.3 is 14.8 Å². The van der Waals surface area contributed by atoms with Crippen molar-refractivity contribution >= 4 is 16.9 Å². The van der Waals surface area contributed by atoms with E-state index in [1.807, 2.05) is 12.1 Å². The normalized spacial score (nSPS) is 10.7. The van der Waals surface area contributed by atoms with E-state index in [0.29, 0.717) is 22.2 Å². The number of aromatic amines is 1. The summed E-state index contributed by atoms with van der Waals surface area (Å²) in [5.41, 5.74) is 1.99. The van der Waals surface area contributed by atoms with Gasteiger partial charge in [0.2, 0.25) is 0 Å². The lowest BCUT2D eigenvalue weighted by Crippen LogP contribution is -2.09. The zero-order chi connectivity index (χ0) is 18.8. The van der Waals surface area contributed by atoms with Gasteiger partial charge in [-0.15, -0.1) is 0 Å². The van der Waals surface area contributed by atoms with Gasteiger partial charge >= 0.3 is 5.97 Å². The predicted octanol–water partition coefficient (Wildman–Crippen LogP) is 3.51. The van der Waals surface area contributed by atoms with Crippen molar-refractivity contribution in [1.82, 2.24) is 9.97 Å². The Morgan fingerprint density at radius 1 is 1.04 bits per heavy atom. The quantitative estimate of drug-likeness (QED) is 0.432. The summed E-state index contributed by atoms with van der Waals surface area (Å²) < 4.78 is 5.29. The molecule has 0 aliphatic rings. The molecule has 4 rings (SSSR count). The molecule has 0 unspecified atom stereocenters. The van der Waals surface area contributed by atoms with E-state index in [1.54, 1.807) is 36.5 Å². The molecule has 6 nitrogen and oxygen atoms in total. The lowest BCUT2D eigenvalue weighted by molar-refractivity contribution is 0.0729. The SMILES string of the molecule is O=C(Oc1cc(-c2cc(=O)c3ccccc3[nH]2)ccc1O)c1cccnc1. The Hall–Kier alpha value is -3.93. The number of ether oxygens (including phenoxy) is 1. The van der Waals surface area contributed by atoms with Crippen molar-refractivity contribution in [2.24, 2.45) is 0 Å². The number of H-pyrrole nitrogens is 1. The number of hydrogen-bond donors (Lipinski definition) is 2. The van der Waals surface area contributed by atoms with Crippen LogP contribution in [0.4, 0.5) is 0 Å². The van der Waals surface area contributed by atoms with Gasteiger partial charge in [-0.1, -0.05) is 12.1 Å². The minimum atomic E-state index is -0.637. The number of benzene rings is 2. The average molecular weight is 358 g/mol. The van der Waals surface area contributed by atoms with Crippen molar-refractivity contribution in [3.8, 4) is 22.8 Å². The second-order valence-corrected chi connectivity index (χ2v) is 5.91. The summed E-state index contributed by atoms with van der Waals surface area (Å²) in [5, 5.41) is 10.6. The maximum absolute atomic E-state index is 12.3. The first-order valence-corrected chi connectivity index (χ1v) is 8.19. The Labute approximate surface area is 153 Å². The third kappa shape index (κ3) is 3.28. The number of para-hydroxylation sites is 1. The fourth-order valence-corrected chi connectivity index (χ4v) is 2.76. The van der Waals surface area contributed by atoms with E-state index < -0.39 is 5.97 Å². The molecule has 0 saturated carbocycles. The zero-order valence-corrected chi connectivity index (χ0v) is 14.0. The maximum atomic E-state index is 12.3. The van der Waals surface area contributed by atoms with E-state index in [4.69, 9.17) is 4.74 Å². The van der Waals surface area contributed by atoms with Crippen molar-refractivity contribution < 1.29 is 14.6 Å². The molecule has 0 fully saturated rings. The molecular formula is C21H14N2O4. The summed E-state index contributed by atoms with van der Waals surface area (Å²) >= 11 is 0. The number of aromatic nitrogens is 2. The summed E-state index contributed by atoms with van der Waals surface area (Å²) in [7, 11) is 0. The highest BCUT2D eigenvalue weighted by Gasteiger charge is 2.13. The second kappa shape index (κ2) is 6.76. The van der Waals surface area contributed by atoms with Crippen molar-refractivity contribution in [2.45, 2.75) is 0 Å². The van der Waals surface area contributed by atoms with Crippen LogP contribution >= 0.6 is 0 Å². The fraction of sp³-hybridized carbons (Fsp3) is 0. The Balaban J connectivity index is 1.72. The third-order valence-corrected chi connectivity index (χ3v) is 4.11. The summed E-state index contributed by atoms with van der Waals surface area (Å²) in [4.78, 5) is 31.6. The third-order valence-electron chi connectivity index (χ3n) is 4.11. The first-order valence-electron chi connectivity index (χ1n) is 8.19. The molecule has 2 aromatic heterocycles. The van der Waals surface area contributed by atoms with Crippen molar-refractivity contribution in [1.29, 1.82) is 0 Å². The highest BCUT2D eigenvalue weighted by Crippen LogP contribution is 2.31. The van der Waals surface area contributed by atoms with Crippen LogP contribution in [-0.4, -0.2) is 21.0 Å². The standard InChI is InChI=1S/C21H14N2O4/c24-18-8-7-13(10-20(18)27-21(26)14-4-3-9-22-12-14)17-11-19(25)15-5-1-2-6-16(15)23-17/h1-12,24H,(H,23,25). The molecule has 0 aliphatic heterocycles. The molecule has 6 heteroatoms. The second-order valence-electron chi connectivity index (χ2n) is 5.91. The Kier molecular flexibility index (Phi) is 4.14. The minimum Gasteiger partial charge on any atom is -0.504 e. The van der Waals surface area contributed by atoms with E-state index in [9.17, 15) is 14.7 Å². The number of nitrogens with zero attached hydrogens (tertiary/aromatic N) is 1. The van der Waals surface area contributed by atoms with Gasteiger partial charge in [0.25, 0.3) is 0 Å². The molecular weight excluding hydrogens is 344 g/mol. The fourth-order valence-electron chi connectivity index (χ4n) is 2.76. The molecule has 2 N–H and O–H groups in total. The van der Waals surface area contributed by atoms with E-state index >= 15 is 0 Å². The van der Waals surface area contributed by atoms with E-state index in [-0.39, 0.29) is 22.5 Å². The molecule has 0 saturated heterocycles. The Bertz CT molecular complexity index is 1200. The highest BCUT2D eigenvalue weighted by molar-refractivity contribution is 5.91. The number of hydrogen-bond acceptors (Lipinski definition) is 5. The van der Waals surface area contributed by atoms with Crippen LogP contribution in [0.2, 0.25) is 0 Å². The van der Waals surface area contributed by atoms with Gasteiger partial charge in [-0.05, 0) is 42.5 Å². The van der Waals surface area contributed by atoms with E-state index in [2.05, 4.69) is 9.97 Å². The Morgan fingerprint density at radius 3 is 2.70 bits per heavy atom. The summed E-state index contributed by atoms with van der Waals surface area (Å²) in [6.07, 6.45) is 2.93. The number of carbonyl (C=O) groups excluding carboxylic acids is 1. The molecule has 0 spiro atoms. The molecule has 4 aromatic rings. The molecule has 0 radical (unpaired) electrons. The van der Waals surface area contributed by atoms with E-state index in [1.165, 1.54) is 24.4 Å². The largest absolute Gasteiger partial charge is 0.504 e. The number of phenols is 1. The van der Waals surface area contributed by atoms with Gasteiger partial charge in [-0.3, -0.25) is 9.78 Å². The lowest BCUT2D eigenvalue weighted by atomic mass is 10.1. The van der Waals surface area contributed by atoms with Gasteiger partial charge in [-0.2, -0.15) is 0 Å². The number of phenolic OH excluding ortho intramolecular Hbond substituents is 1. The Morgan fingerprint density at radius 2 is 1.89 bits per heavy atom. The molecule has 2 heterocycles. The van der Waals surface area contributed by atoms with Crippen LogP contribution in [0.1, 0.15) is 10.4 Å². The number of aromatic hydroxyl groups is 1. The van der Waals surface area contributed by atoms with Crippen molar-refractivity contribution in [3.05, 3.63) is 88.8 Å². The average Bonchev–Trinajstić information content (AvgIpc) is 2.70. The monoisotopic (exact) mass is 358 g/mol. The van der Waals surface area contributed by atoms with Gasteiger partial charge in [0, 0.05) is 40.6 Å². The smallest absolute Gasteiger partial charge is 0.345 e. The minimum absolute atomic E-state index is 0.00430. The van der Waals surface area contributed by atoms with Crippen LogP contribution < -0.4 is 10.2 Å². The first-order chi connectivity index (χ1) is 13.1. The number of carbonyl (C=O) groups is 1. The number of rotatable bonds is 3. The van der Waals surface area contributed by atoms with Gasteiger partial charge in [0.15, 0.2) is 16.9 Å². The van der Waals surface area contributed by atoms with Crippen molar-refractivity contribution in [3.63, 3.8) is 0 Å². The van der Waals surface area contributed by atoms with Crippen LogP contribution in [0.5, 0.6) is 11.5 Å². The van der Waals surface area contributed by atoms with Crippen LogP contribution in [0.3, 0.4) is 0 Å². The summed E-state index contributed by atoms with van der Waals surface area (Å²) in [5.74, 6) is -0.822. The molecule has 0 bridgehead atoms. The summed E-state index contributed by atoms with van der Waals surface area (Å²) in [6, 6.07) is 16.4. The van der Waals surface area contributed by atoms with Gasteiger partial charge in [0.1, 0.15) is 0 Å². The number of nitrogens with one attached hydrogen (secondary N) is 1. The van der Waals surface area contributed by atoms with Crippen LogP contribution in [0.25, 0.3) is 22.2 Å². The number of pyridine rings is 2. The molecule has 132 valence electrons. The number of fused-ring (bicyclic) bond motifs is 1. The van der Waals surface area contributed by atoms with Crippen LogP contribution in [0, 0.1) is 0 Å². The predicted molar refractivity (Wildman–Crippen MR) is 101 cm³/mol. The topological polar surface area (TPSA) is 92.3 Å². The molecule has 0 atom stereocenters. The first kappa shape index (κ1) is 16.5. The molecule has 2 aromatic carbocycles. The number of esters is 1. The van der Waals surface area contributed by atoms with Crippen molar-refractivity contribution in [2.75, 3.05) is 0 Å². The van der Waals surface area contributed by atoms with E-state index in [0.717, 1.165) is 0 Å². The lowest BCUT2D eigenvalue weighted by Gasteiger charge is -2.09. The highest BCUT2D eigenvalue weighted by atomic mass is 16.5. The van der Waals surface area contributed by atoms with Crippen LogP contribution in [-0.2, 0) is 0 Å².